The van der Waals surface area contributed by atoms with Crippen LogP contribution in [0.25, 0.3) is 55.6 Å². The molecule has 25 heteroatoms. The molecule has 0 amide bonds. The van der Waals surface area contributed by atoms with E-state index in [4.69, 9.17) is 18.9 Å². The zero-order valence-electron chi connectivity index (χ0n) is 58.4. The van der Waals surface area contributed by atoms with Crippen LogP contribution >= 0.6 is 258 Å². The average Bonchev–Trinajstić information content (AvgIpc) is 1.60. The van der Waals surface area contributed by atoms with Gasteiger partial charge in [0.2, 0.25) is 0 Å². The Morgan fingerprint density at radius 1 is 0.369 bits per heavy atom. The Morgan fingerprint density at radius 2 is 0.622 bits per heavy atom. The van der Waals surface area contributed by atoms with E-state index in [1.165, 1.54) is 44.5 Å². The maximum Gasteiger partial charge on any atom is 0.122 e. The van der Waals surface area contributed by atoms with E-state index in [0.717, 1.165) is 118 Å². The van der Waals surface area contributed by atoms with Gasteiger partial charge in [-0.05, 0) is 233 Å². The first-order valence-electron chi connectivity index (χ1n) is 34.3. The van der Waals surface area contributed by atoms with Gasteiger partial charge in [0.05, 0.1) is 38.6 Å². The van der Waals surface area contributed by atoms with Crippen LogP contribution in [0.2, 0.25) is 0 Å². The molecule has 5 aliphatic carbocycles. The Labute approximate surface area is 801 Å². The normalized spacial score (nSPS) is 18.8. The Morgan fingerprint density at radius 3 is 0.874 bits per heavy atom. The summed E-state index contributed by atoms with van der Waals surface area (Å²) < 4.78 is 34.9. The van der Waals surface area contributed by atoms with Crippen molar-refractivity contribution in [3.8, 4) is 55.6 Å². The first-order valence-corrected chi connectivity index (χ1v) is 61.1. The molecule has 0 radical (unpaired) electrons. The fraction of sp³-hybridized carbons (Fsp3) is 0.209. The van der Waals surface area contributed by atoms with Crippen molar-refractivity contribution in [1.82, 2.24) is 0 Å². The van der Waals surface area contributed by atoms with Crippen molar-refractivity contribution >= 4 is 258 Å². The maximum absolute atomic E-state index is 11.1. The summed E-state index contributed by atoms with van der Waals surface area (Å²) in [7, 11) is 0. The van der Waals surface area contributed by atoms with Gasteiger partial charge in [-0.25, -0.2) is 0 Å². The summed E-state index contributed by atoms with van der Waals surface area (Å²) in [6.45, 7) is 12.9. The van der Waals surface area contributed by atoms with Gasteiger partial charge in [-0.15, -0.1) is 43.7 Å². The Hall–Kier alpha value is -0.0200. The number of rotatable bonds is 7. The minimum Gasteiger partial charge on any atom is -0.390 e. The van der Waals surface area contributed by atoms with Crippen molar-refractivity contribution in [2.24, 2.45) is 0 Å². The van der Waals surface area contributed by atoms with Crippen LogP contribution < -0.4 is 13.3 Å². The molecule has 5 N–H and O–H groups in total. The van der Waals surface area contributed by atoms with Crippen LogP contribution in [0.15, 0.2) is 277 Å². The van der Waals surface area contributed by atoms with E-state index < -0.39 is 46.8 Å². The number of aliphatic hydroxyl groups excluding tert-OH is 4. The van der Waals surface area contributed by atoms with E-state index in [1.807, 2.05) is 91.0 Å². The summed E-state index contributed by atoms with van der Waals surface area (Å²) in [5.41, 5.74) is 19.4. The Bertz CT molecular complexity index is 4820. The molecule has 0 unspecified atom stereocenters. The molecule has 18 rings (SSSR count). The van der Waals surface area contributed by atoms with Crippen LogP contribution in [-0.2, 0) is 47.0 Å². The summed E-state index contributed by atoms with van der Waals surface area (Å²) in [6.07, 6.45) is 9.33. The summed E-state index contributed by atoms with van der Waals surface area (Å²) in [5.74, 6) is 0. The van der Waals surface area contributed by atoms with Gasteiger partial charge in [-0.1, -0.05) is 250 Å². The topological polar surface area (TPSA) is 138 Å². The van der Waals surface area contributed by atoms with Crippen molar-refractivity contribution in [1.29, 1.82) is 0 Å². The standard InChI is InChI=1S/C19H16Br2O.2C17H14Br2O3.C17H12Br2O.C16H12Br2O.I3.I2.HI/c1-3-9-19(22-10-4-2)17-11-13(20)5-7-15(17)16-8-6-14(21)12-18(16)19;2*18-9-1-3-11-12-4-2-10(19)6-14(12)17(13(11)5-9)7-15(20)16(21)8-22-17;18-11-3-5-13-14-6-4-12(19)10-16(14)17(15(13)9-11)7-1-2-8-20-17;1-2-7-16(19)14-8-10(17)3-5-12(14)13-6-4-11(18)9-15(13)16;1-3-2;1-2;/h3-8,11-12H,1-2,9-10H2;2*1-6,15-16,20-21H,7-8H2;1-6,9-10H,7-8H2;2-6,8-9,19H,1,7H2;;;1H/q;;;;;-1;;/t;2*15-,16+;;;;;/m.10...../s1. The molecule has 580 valence electrons. The number of halogens is 16. The molecule has 3 aliphatic heterocycles. The zero-order chi connectivity index (χ0) is 78.8. The third kappa shape index (κ3) is 18.5. The third-order valence-electron chi connectivity index (χ3n) is 20.8. The molecule has 9 nitrogen and oxygen atoms in total. The van der Waals surface area contributed by atoms with Gasteiger partial charge in [0.15, 0.2) is 0 Å². The van der Waals surface area contributed by atoms with Gasteiger partial charge in [-0.2, -0.15) is 0 Å². The van der Waals surface area contributed by atoms with Crippen LogP contribution in [0.1, 0.15) is 87.7 Å². The minimum absolute atomic E-state index is 0. The van der Waals surface area contributed by atoms with E-state index in [-0.39, 0.29) is 42.8 Å². The number of aliphatic hydroxyl groups is 5. The quantitative estimate of drug-likeness (QED) is 0.0780. The van der Waals surface area contributed by atoms with Gasteiger partial charge in [0.25, 0.3) is 0 Å². The summed E-state index contributed by atoms with van der Waals surface area (Å²) in [6, 6.07) is 62.3. The largest absolute Gasteiger partial charge is 0.390 e. The van der Waals surface area contributed by atoms with Gasteiger partial charge < -0.3 is 44.5 Å². The van der Waals surface area contributed by atoms with Gasteiger partial charge in [-0.3, -0.25) is 0 Å². The number of ether oxygens (including phenoxy) is 4. The SMILES string of the molecule is Brc1ccc2c(c1)C1(CC=CCO1)c1cc(Br)ccc1-2.C=CCC1(O)c2cc(Br)ccc2-c2ccc(Br)cc21.C=CCOC1(CC=C)c2cc(Br)ccc2-c2ccc(Br)cc21.I.II.I[I-]I.O[C@@H]1CC2(OC[C@@H]1O)c1cc(Br)ccc1-c1ccc(Br)cc12.O[C@@H]1COC2(C[C@@H]1O)c1cc(Br)ccc1-c1ccc(Br)cc12. The fourth-order valence-corrected chi connectivity index (χ4v) is 19.8. The van der Waals surface area contributed by atoms with Crippen molar-refractivity contribution in [2.45, 2.75) is 84.5 Å². The summed E-state index contributed by atoms with van der Waals surface area (Å²) in [5, 5.41) is 51.3. The van der Waals surface area contributed by atoms with Gasteiger partial charge >= 0.3 is 50.5 Å². The molecule has 0 saturated carbocycles. The summed E-state index contributed by atoms with van der Waals surface area (Å²) >= 11 is 45.0. The van der Waals surface area contributed by atoms with Crippen molar-refractivity contribution < 1.29 is 57.7 Å². The number of benzene rings is 10. The van der Waals surface area contributed by atoms with E-state index in [9.17, 15) is 25.5 Å². The third-order valence-corrected chi connectivity index (χ3v) is 25.8. The van der Waals surface area contributed by atoms with E-state index in [0.29, 0.717) is 52.2 Å². The molecule has 3 heterocycles. The Kier molecular flexibility index (Phi) is 33.0. The van der Waals surface area contributed by atoms with Crippen LogP contribution in [0.4, 0.5) is 0 Å². The number of fused-ring (bicyclic) bond motifs is 21. The predicted molar refractivity (Wildman–Crippen MR) is 525 cm³/mol. The molecular formula is C86H69Br10I6O9-. The number of hydrogen-bond donors (Lipinski definition) is 5. The van der Waals surface area contributed by atoms with E-state index >= 15 is 0 Å². The summed E-state index contributed by atoms with van der Waals surface area (Å²) in [4.78, 5) is 0. The van der Waals surface area contributed by atoms with Crippen LogP contribution in [0, 0.1) is 0 Å². The second kappa shape index (κ2) is 39.9. The molecule has 2 saturated heterocycles. The molecule has 10 aromatic carbocycles. The predicted octanol–water partition coefficient (Wildman–Crippen LogP) is 25.0. The molecule has 10 aromatic rings. The monoisotopic (exact) mass is 2800 g/mol. The van der Waals surface area contributed by atoms with Crippen LogP contribution in [0.3, 0.4) is 0 Å². The van der Waals surface area contributed by atoms with Crippen molar-refractivity contribution in [2.75, 3.05) is 26.4 Å². The maximum atomic E-state index is 11.1. The molecular weight excluding hydrogens is 2740 g/mol. The molecule has 4 atom stereocenters. The molecule has 0 bridgehead atoms. The van der Waals surface area contributed by atoms with Crippen molar-refractivity contribution in [3.63, 3.8) is 0 Å². The van der Waals surface area contributed by atoms with Crippen LogP contribution in [-0.4, -0.2) is 76.4 Å². The molecule has 8 aliphatic rings. The minimum atomic E-state index is -0.986. The van der Waals surface area contributed by atoms with Gasteiger partial charge in [0, 0.05) is 114 Å². The second-order valence-corrected chi connectivity index (χ2v) is 52.4. The first-order chi connectivity index (χ1) is 52.8. The van der Waals surface area contributed by atoms with Crippen LogP contribution in [0.5, 0.6) is 0 Å². The van der Waals surface area contributed by atoms with Gasteiger partial charge in [0.1, 0.15) is 40.2 Å². The number of hydrogen-bond acceptors (Lipinski definition) is 9. The zero-order valence-corrected chi connectivity index (χ0v) is 87.4. The molecule has 2 fully saturated rings. The fourth-order valence-electron chi connectivity index (χ4n) is 16.2. The molecule has 3 spiro atoms. The van der Waals surface area contributed by atoms with E-state index in [1.54, 1.807) is 12.2 Å². The molecule has 111 heavy (non-hydrogen) atoms. The Balaban J connectivity index is 0.000000135. The second-order valence-electron chi connectivity index (χ2n) is 27.0. The average molecular weight is 2810 g/mol. The van der Waals surface area contributed by atoms with E-state index in [2.05, 4.69) is 363 Å². The molecule has 0 aromatic heterocycles. The van der Waals surface area contributed by atoms with Crippen molar-refractivity contribution in [3.05, 3.63) is 332 Å². The first kappa shape index (κ1) is 91.7. The smallest absolute Gasteiger partial charge is 0.122 e.